The molecule has 6 heteroatoms. The summed E-state index contributed by atoms with van der Waals surface area (Å²) in [4.78, 5) is 6.32. The Kier molecular flexibility index (Phi) is 5.67. The zero-order valence-corrected chi connectivity index (χ0v) is 11.3. The molecule has 0 saturated heterocycles. The third kappa shape index (κ3) is 4.12. The molecule has 0 aliphatic heterocycles. The summed E-state index contributed by atoms with van der Waals surface area (Å²) < 4.78 is 5.23. The summed E-state index contributed by atoms with van der Waals surface area (Å²) in [6, 6.07) is 9.62. The number of nitrogens with zero attached hydrogens (tertiary/aromatic N) is 3. The van der Waals surface area contributed by atoms with Crippen molar-refractivity contribution in [3.8, 4) is 11.4 Å². The maximum atomic E-state index is 9.03. The molecule has 2 aromatic rings. The molecule has 1 aromatic carbocycles. The van der Waals surface area contributed by atoms with Gasteiger partial charge < -0.3 is 14.7 Å². The van der Waals surface area contributed by atoms with E-state index in [1.54, 1.807) is 0 Å². The number of rotatable bonds is 8. The number of benzene rings is 1. The van der Waals surface area contributed by atoms with E-state index in [0.717, 1.165) is 5.56 Å². The highest BCUT2D eigenvalue weighted by Crippen LogP contribution is 2.15. The van der Waals surface area contributed by atoms with Crippen LogP contribution in [0.2, 0.25) is 0 Å². The SMILES string of the molecule is OCCCN(CCO)Cc1nc(-c2ccccc2)no1. The van der Waals surface area contributed by atoms with Gasteiger partial charge >= 0.3 is 0 Å². The number of aliphatic hydroxyl groups excluding tert-OH is 2. The van der Waals surface area contributed by atoms with Gasteiger partial charge in [-0.25, -0.2) is 0 Å². The Bertz CT molecular complexity index is 501. The summed E-state index contributed by atoms with van der Waals surface area (Å²) in [5, 5.41) is 21.8. The van der Waals surface area contributed by atoms with Gasteiger partial charge in [-0.2, -0.15) is 4.98 Å². The van der Waals surface area contributed by atoms with Gasteiger partial charge in [0, 0.05) is 25.3 Å². The first-order valence-electron chi connectivity index (χ1n) is 6.65. The van der Waals surface area contributed by atoms with Crippen LogP contribution in [-0.2, 0) is 6.54 Å². The van der Waals surface area contributed by atoms with E-state index >= 15 is 0 Å². The lowest BCUT2D eigenvalue weighted by Gasteiger charge is -2.18. The fourth-order valence-electron chi connectivity index (χ4n) is 1.92. The minimum atomic E-state index is 0.0606. The van der Waals surface area contributed by atoms with Gasteiger partial charge in [-0.1, -0.05) is 35.5 Å². The number of hydrogen-bond donors (Lipinski definition) is 2. The molecule has 108 valence electrons. The lowest BCUT2D eigenvalue weighted by molar-refractivity contribution is 0.160. The van der Waals surface area contributed by atoms with Gasteiger partial charge in [-0.05, 0) is 6.42 Å². The Balaban J connectivity index is 2.00. The second-order valence-corrected chi connectivity index (χ2v) is 4.45. The third-order valence-electron chi connectivity index (χ3n) is 2.91. The minimum absolute atomic E-state index is 0.0606. The second-order valence-electron chi connectivity index (χ2n) is 4.45. The lowest BCUT2D eigenvalue weighted by atomic mass is 10.2. The number of aliphatic hydroxyl groups is 2. The summed E-state index contributed by atoms with van der Waals surface area (Å²) in [5.74, 6) is 1.07. The van der Waals surface area contributed by atoms with Crippen LogP contribution in [0, 0.1) is 0 Å². The van der Waals surface area contributed by atoms with E-state index in [-0.39, 0.29) is 13.2 Å². The highest BCUT2D eigenvalue weighted by Gasteiger charge is 2.12. The van der Waals surface area contributed by atoms with E-state index in [4.69, 9.17) is 14.7 Å². The second kappa shape index (κ2) is 7.74. The van der Waals surface area contributed by atoms with Crippen molar-refractivity contribution in [2.24, 2.45) is 0 Å². The number of hydrogen-bond acceptors (Lipinski definition) is 6. The fraction of sp³-hybridized carbons (Fsp3) is 0.429. The summed E-state index contributed by atoms with van der Waals surface area (Å²) >= 11 is 0. The molecule has 6 nitrogen and oxygen atoms in total. The molecule has 1 aromatic heterocycles. The van der Waals surface area contributed by atoms with Gasteiger partial charge in [-0.15, -0.1) is 0 Å². The van der Waals surface area contributed by atoms with Crippen LogP contribution in [0.15, 0.2) is 34.9 Å². The smallest absolute Gasteiger partial charge is 0.241 e. The van der Waals surface area contributed by atoms with E-state index in [2.05, 4.69) is 10.1 Å². The molecule has 0 atom stereocenters. The van der Waals surface area contributed by atoms with Crippen LogP contribution < -0.4 is 0 Å². The van der Waals surface area contributed by atoms with Crippen LogP contribution in [0.4, 0.5) is 0 Å². The molecule has 0 amide bonds. The fourth-order valence-corrected chi connectivity index (χ4v) is 1.92. The molecule has 20 heavy (non-hydrogen) atoms. The van der Waals surface area contributed by atoms with Crippen molar-refractivity contribution in [3.63, 3.8) is 0 Å². The predicted molar refractivity (Wildman–Crippen MR) is 73.8 cm³/mol. The first kappa shape index (κ1) is 14.6. The van der Waals surface area contributed by atoms with E-state index in [1.165, 1.54) is 0 Å². The Morgan fingerprint density at radius 2 is 1.85 bits per heavy atom. The van der Waals surface area contributed by atoms with Gasteiger partial charge in [0.15, 0.2) is 0 Å². The van der Waals surface area contributed by atoms with Crippen LogP contribution in [-0.4, -0.2) is 51.6 Å². The Labute approximate surface area is 117 Å². The van der Waals surface area contributed by atoms with E-state index in [1.807, 2.05) is 35.2 Å². The lowest BCUT2D eigenvalue weighted by Crippen LogP contribution is -2.28. The highest BCUT2D eigenvalue weighted by atomic mass is 16.5. The maximum absolute atomic E-state index is 9.03. The zero-order valence-electron chi connectivity index (χ0n) is 11.3. The van der Waals surface area contributed by atoms with E-state index < -0.39 is 0 Å². The largest absolute Gasteiger partial charge is 0.396 e. The third-order valence-corrected chi connectivity index (χ3v) is 2.91. The van der Waals surface area contributed by atoms with Gasteiger partial charge in [0.05, 0.1) is 13.2 Å². The monoisotopic (exact) mass is 277 g/mol. The molecule has 2 rings (SSSR count). The summed E-state index contributed by atoms with van der Waals surface area (Å²) in [5.41, 5.74) is 0.909. The standard InChI is InChI=1S/C14H19N3O3/c18-9-4-7-17(8-10-19)11-13-15-14(16-20-13)12-5-2-1-3-6-12/h1-3,5-6,18-19H,4,7-11H2. The first-order chi connectivity index (χ1) is 9.83. The molecule has 0 radical (unpaired) electrons. The van der Waals surface area contributed by atoms with Crippen molar-refractivity contribution in [2.75, 3.05) is 26.3 Å². The van der Waals surface area contributed by atoms with Gasteiger partial charge in [0.1, 0.15) is 0 Å². The molecular weight excluding hydrogens is 258 g/mol. The molecule has 0 spiro atoms. The van der Waals surface area contributed by atoms with Crippen molar-refractivity contribution >= 4 is 0 Å². The Morgan fingerprint density at radius 1 is 1.05 bits per heavy atom. The van der Waals surface area contributed by atoms with E-state index in [0.29, 0.717) is 37.8 Å². The Hall–Kier alpha value is -1.76. The van der Waals surface area contributed by atoms with Gasteiger partial charge in [0.25, 0.3) is 0 Å². The first-order valence-corrected chi connectivity index (χ1v) is 6.65. The molecule has 0 unspecified atom stereocenters. The summed E-state index contributed by atoms with van der Waals surface area (Å²) in [6.07, 6.45) is 0.652. The van der Waals surface area contributed by atoms with Crippen molar-refractivity contribution in [2.45, 2.75) is 13.0 Å². The number of aromatic nitrogens is 2. The topological polar surface area (TPSA) is 82.6 Å². The van der Waals surface area contributed by atoms with Gasteiger partial charge in [0.2, 0.25) is 11.7 Å². The average Bonchev–Trinajstić information content (AvgIpc) is 2.94. The van der Waals surface area contributed by atoms with Crippen LogP contribution >= 0.6 is 0 Å². The summed E-state index contributed by atoms with van der Waals surface area (Å²) in [7, 11) is 0. The molecule has 0 saturated carbocycles. The molecule has 0 aliphatic rings. The van der Waals surface area contributed by atoms with Crippen molar-refractivity contribution in [3.05, 3.63) is 36.2 Å². The predicted octanol–water partition coefficient (Wildman–Crippen LogP) is 0.913. The maximum Gasteiger partial charge on any atom is 0.241 e. The van der Waals surface area contributed by atoms with E-state index in [9.17, 15) is 0 Å². The molecule has 0 bridgehead atoms. The Morgan fingerprint density at radius 3 is 2.55 bits per heavy atom. The molecule has 0 fully saturated rings. The van der Waals surface area contributed by atoms with Crippen molar-refractivity contribution in [1.82, 2.24) is 15.0 Å². The molecule has 0 aliphatic carbocycles. The van der Waals surface area contributed by atoms with Crippen LogP contribution in [0.5, 0.6) is 0 Å². The van der Waals surface area contributed by atoms with Gasteiger partial charge in [-0.3, -0.25) is 4.90 Å². The molecular formula is C14H19N3O3. The zero-order chi connectivity index (χ0) is 14.2. The quantitative estimate of drug-likeness (QED) is 0.746. The van der Waals surface area contributed by atoms with Crippen LogP contribution in [0.1, 0.15) is 12.3 Å². The molecule has 2 N–H and O–H groups in total. The highest BCUT2D eigenvalue weighted by molar-refractivity contribution is 5.53. The van der Waals surface area contributed by atoms with Crippen molar-refractivity contribution in [1.29, 1.82) is 0 Å². The van der Waals surface area contributed by atoms with Crippen LogP contribution in [0.3, 0.4) is 0 Å². The van der Waals surface area contributed by atoms with Crippen LogP contribution in [0.25, 0.3) is 11.4 Å². The van der Waals surface area contributed by atoms with Crippen molar-refractivity contribution < 1.29 is 14.7 Å². The molecule has 1 heterocycles. The normalized spacial score (nSPS) is 11.2. The average molecular weight is 277 g/mol. The minimum Gasteiger partial charge on any atom is -0.396 e. The summed E-state index contributed by atoms with van der Waals surface area (Å²) in [6.45, 7) is 1.86.